The van der Waals surface area contributed by atoms with Gasteiger partial charge in [-0.15, -0.1) is 4.99 Å². The van der Waals surface area contributed by atoms with Gasteiger partial charge in [-0.3, -0.25) is 4.79 Å². The van der Waals surface area contributed by atoms with Gasteiger partial charge in [0, 0.05) is 25.4 Å². The maximum Gasteiger partial charge on any atom is 0.436 e. The van der Waals surface area contributed by atoms with Crippen LogP contribution >= 0.6 is 0 Å². The largest absolute Gasteiger partial charge is 0.451 e. The highest BCUT2D eigenvalue weighted by atomic mass is 32.2. The minimum Gasteiger partial charge on any atom is -0.451 e. The molecule has 0 atom stereocenters. The first-order valence-corrected chi connectivity index (χ1v) is 11.8. The fourth-order valence-corrected chi connectivity index (χ4v) is 3.57. The Morgan fingerprint density at radius 1 is 1.03 bits per heavy atom. The Labute approximate surface area is 198 Å². The van der Waals surface area contributed by atoms with E-state index in [9.17, 15) is 18.0 Å². The van der Waals surface area contributed by atoms with Gasteiger partial charge in [-0.2, -0.15) is 8.42 Å². The number of benzene rings is 2. The molecule has 12 heteroatoms. The van der Waals surface area contributed by atoms with E-state index in [-0.39, 0.29) is 28.9 Å². The lowest BCUT2D eigenvalue weighted by Gasteiger charge is -2.16. The Bertz CT molecular complexity index is 1110. The zero-order valence-corrected chi connectivity index (χ0v) is 20.0. The number of amides is 2. The molecule has 2 amide bonds. The molecule has 0 aromatic heterocycles. The molecule has 0 aliphatic rings. The number of anilines is 2. The van der Waals surface area contributed by atoms with Crippen LogP contribution in [0.15, 0.2) is 58.4 Å². The Hall–Kier alpha value is -3.64. The smallest absolute Gasteiger partial charge is 0.436 e. The summed E-state index contributed by atoms with van der Waals surface area (Å²) in [6.07, 6.45) is 0.929. The molecular formula is C22H28N4O7S. The first kappa shape index (κ1) is 26.6. The molecule has 184 valence electrons. The van der Waals surface area contributed by atoms with E-state index in [0.29, 0.717) is 12.2 Å². The summed E-state index contributed by atoms with van der Waals surface area (Å²) in [5, 5.41) is 8.43. The van der Waals surface area contributed by atoms with Gasteiger partial charge >= 0.3 is 16.2 Å². The quantitative estimate of drug-likeness (QED) is 0.197. The molecule has 34 heavy (non-hydrogen) atoms. The summed E-state index contributed by atoms with van der Waals surface area (Å²) >= 11 is 0. The van der Waals surface area contributed by atoms with Crippen molar-refractivity contribution in [3.63, 3.8) is 0 Å². The van der Waals surface area contributed by atoms with Crippen molar-refractivity contribution >= 4 is 39.5 Å². The maximum absolute atomic E-state index is 12.8. The van der Waals surface area contributed by atoms with E-state index < -0.39 is 22.1 Å². The number of rotatable bonds is 10. The average molecular weight is 493 g/mol. The number of nitrogens with zero attached hydrogens (tertiary/aromatic N) is 1. The number of hydrogen-bond acceptors (Lipinski definition) is 7. The predicted molar refractivity (Wildman–Crippen MR) is 128 cm³/mol. The minimum atomic E-state index is -4.20. The molecule has 11 nitrogen and oxygen atoms in total. The second-order valence-corrected chi connectivity index (χ2v) is 8.42. The third kappa shape index (κ3) is 8.37. The molecule has 0 radical (unpaired) electrons. The monoisotopic (exact) mass is 492 g/mol. The van der Waals surface area contributed by atoms with Crippen LogP contribution in [0.4, 0.5) is 16.2 Å². The van der Waals surface area contributed by atoms with E-state index in [0.717, 1.165) is 12.8 Å². The number of unbranched alkanes of at least 4 members (excludes halogenated alkanes) is 1. The average Bonchev–Trinajstić information content (AvgIpc) is 2.81. The predicted octanol–water partition coefficient (Wildman–Crippen LogP) is 2.96. The second-order valence-electron chi connectivity index (χ2n) is 6.88. The lowest BCUT2D eigenvalue weighted by molar-refractivity contribution is -0.119. The van der Waals surface area contributed by atoms with Gasteiger partial charge in [-0.1, -0.05) is 31.5 Å². The van der Waals surface area contributed by atoms with Crippen LogP contribution in [-0.2, 0) is 24.4 Å². The van der Waals surface area contributed by atoms with E-state index in [1.165, 1.54) is 38.5 Å². The van der Waals surface area contributed by atoms with Crippen molar-refractivity contribution in [2.75, 3.05) is 38.0 Å². The normalized spacial score (nSPS) is 11.4. The van der Waals surface area contributed by atoms with Crippen LogP contribution in [0.25, 0.3) is 0 Å². The topological polar surface area (TPSA) is 144 Å². The number of ether oxygens (including phenoxy) is 2. The Morgan fingerprint density at radius 3 is 2.41 bits per heavy atom. The molecule has 0 bridgehead atoms. The Morgan fingerprint density at radius 2 is 1.76 bits per heavy atom. The number of hydrogen-bond donors (Lipinski definition) is 3. The van der Waals surface area contributed by atoms with E-state index in [1.54, 1.807) is 24.3 Å². The maximum atomic E-state index is 12.8. The van der Waals surface area contributed by atoms with Crippen LogP contribution in [0, 0.1) is 0 Å². The number of aliphatic imine (C=N–C) groups is 1. The second kappa shape index (κ2) is 13.2. The van der Waals surface area contributed by atoms with E-state index >= 15 is 0 Å². The Balaban J connectivity index is 2.39. The molecule has 2 aromatic rings. The summed E-state index contributed by atoms with van der Waals surface area (Å²) in [7, 11) is -1.64. The SMILES string of the molecule is CCCCNC(=NC(=O)OC)Nc1ccc(NC(=O)COC)c(OS(=O)(=O)c2ccccc2)c1. The zero-order chi connectivity index (χ0) is 25.0. The first-order chi connectivity index (χ1) is 16.3. The summed E-state index contributed by atoms with van der Waals surface area (Å²) in [6, 6.07) is 11.9. The van der Waals surface area contributed by atoms with Crippen LogP contribution in [0.3, 0.4) is 0 Å². The van der Waals surface area contributed by atoms with Crippen molar-refractivity contribution in [3.05, 3.63) is 48.5 Å². The van der Waals surface area contributed by atoms with E-state index in [2.05, 4.69) is 25.7 Å². The van der Waals surface area contributed by atoms with Crippen LogP contribution in [0.1, 0.15) is 19.8 Å². The molecule has 2 aromatic carbocycles. The standard InChI is InChI=1S/C22H28N4O7S/c1-4-5-13-23-21(26-22(28)32-3)24-16-11-12-18(25-20(27)15-31-2)19(14-16)33-34(29,30)17-9-7-6-8-10-17/h6-12,14H,4-5,13,15H2,1-3H3,(H,25,27)(H2,23,24,26,28). The number of carbonyl (C=O) groups excluding carboxylic acids is 2. The van der Waals surface area contributed by atoms with Crippen LogP contribution in [-0.4, -0.2) is 53.7 Å². The van der Waals surface area contributed by atoms with Gasteiger partial charge < -0.3 is 29.6 Å². The molecule has 0 spiro atoms. The van der Waals surface area contributed by atoms with Crippen LogP contribution in [0.5, 0.6) is 5.75 Å². The summed E-state index contributed by atoms with van der Waals surface area (Å²) in [5.41, 5.74) is 0.451. The van der Waals surface area contributed by atoms with Crippen LogP contribution in [0.2, 0.25) is 0 Å². The highest BCUT2D eigenvalue weighted by molar-refractivity contribution is 7.87. The molecule has 0 aliphatic heterocycles. The number of methoxy groups -OCH3 is 2. The molecule has 0 aliphatic carbocycles. The molecule has 2 rings (SSSR count). The fraction of sp³-hybridized carbons (Fsp3) is 0.318. The number of carbonyl (C=O) groups is 2. The molecular weight excluding hydrogens is 464 g/mol. The first-order valence-electron chi connectivity index (χ1n) is 10.4. The fourth-order valence-electron chi connectivity index (χ4n) is 2.61. The van der Waals surface area contributed by atoms with Gasteiger partial charge in [0.25, 0.3) is 0 Å². The molecule has 3 N–H and O–H groups in total. The summed E-state index contributed by atoms with van der Waals surface area (Å²) < 4.78 is 40.3. The third-order valence-electron chi connectivity index (χ3n) is 4.23. The van der Waals surface area contributed by atoms with E-state index in [4.69, 9.17) is 8.92 Å². The Kier molecular flexibility index (Phi) is 10.3. The summed E-state index contributed by atoms with van der Waals surface area (Å²) in [5.74, 6) is -0.544. The van der Waals surface area contributed by atoms with Crippen molar-refractivity contribution in [2.45, 2.75) is 24.7 Å². The summed E-state index contributed by atoms with van der Waals surface area (Å²) in [6.45, 7) is 2.32. The molecule has 0 unspecified atom stereocenters. The minimum absolute atomic E-state index is 0.0586. The summed E-state index contributed by atoms with van der Waals surface area (Å²) in [4.78, 5) is 27.4. The van der Waals surface area contributed by atoms with Crippen molar-refractivity contribution in [3.8, 4) is 5.75 Å². The van der Waals surface area contributed by atoms with E-state index in [1.807, 2.05) is 6.92 Å². The van der Waals surface area contributed by atoms with Gasteiger partial charge in [0.15, 0.2) is 5.75 Å². The number of nitrogens with one attached hydrogen (secondary N) is 3. The third-order valence-corrected chi connectivity index (χ3v) is 5.47. The van der Waals surface area contributed by atoms with Crippen LogP contribution < -0.4 is 20.1 Å². The van der Waals surface area contributed by atoms with Crippen molar-refractivity contribution < 1.29 is 31.7 Å². The highest BCUT2D eigenvalue weighted by Gasteiger charge is 2.20. The van der Waals surface area contributed by atoms with Gasteiger partial charge in [0.1, 0.15) is 11.5 Å². The van der Waals surface area contributed by atoms with Gasteiger partial charge in [-0.25, -0.2) is 4.79 Å². The number of guanidine groups is 1. The molecule has 0 fully saturated rings. The molecule has 0 heterocycles. The lowest BCUT2D eigenvalue weighted by atomic mass is 10.2. The van der Waals surface area contributed by atoms with Gasteiger partial charge in [-0.05, 0) is 30.7 Å². The van der Waals surface area contributed by atoms with Gasteiger partial charge in [0.05, 0.1) is 12.8 Å². The van der Waals surface area contributed by atoms with Crippen molar-refractivity contribution in [1.82, 2.24) is 5.32 Å². The molecule has 0 saturated heterocycles. The highest BCUT2D eigenvalue weighted by Crippen LogP contribution is 2.31. The van der Waals surface area contributed by atoms with Crippen molar-refractivity contribution in [1.29, 1.82) is 0 Å². The molecule has 0 saturated carbocycles. The zero-order valence-electron chi connectivity index (χ0n) is 19.2. The lowest BCUT2D eigenvalue weighted by Crippen LogP contribution is -2.32. The van der Waals surface area contributed by atoms with Crippen molar-refractivity contribution in [2.24, 2.45) is 4.99 Å². The van der Waals surface area contributed by atoms with Gasteiger partial charge in [0.2, 0.25) is 11.9 Å².